The lowest BCUT2D eigenvalue weighted by atomic mass is 9.96. The van der Waals surface area contributed by atoms with Crippen molar-refractivity contribution in [1.82, 2.24) is 9.66 Å². The second-order valence-electron chi connectivity index (χ2n) is 10.4. The zero-order chi connectivity index (χ0) is 31.5. The van der Waals surface area contributed by atoms with Gasteiger partial charge >= 0.3 is 0 Å². The highest BCUT2D eigenvalue weighted by Gasteiger charge is 2.20. The van der Waals surface area contributed by atoms with Gasteiger partial charge in [-0.05, 0) is 76.3 Å². The van der Waals surface area contributed by atoms with Crippen LogP contribution < -0.4 is 19.8 Å². The molecule has 0 atom stereocenters. The smallest absolute Gasteiger partial charge is 0.282 e. The second kappa shape index (κ2) is 13.4. The Kier molecular flexibility index (Phi) is 9.63. The summed E-state index contributed by atoms with van der Waals surface area (Å²) in [6.07, 6.45) is 1.54. The molecule has 0 radical (unpaired) electrons. The molecule has 0 saturated heterocycles. The monoisotopic (exact) mass is 693 g/mol. The fourth-order valence-electron chi connectivity index (χ4n) is 4.84. The first-order chi connectivity index (χ1) is 21.1. The fourth-order valence-corrected chi connectivity index (χ4v) is 5.69. The lowest BCUT2D eigenvalue weighted by Crippen LogP contribution is -2.21. The predicted molar refractivity (Wildman–Crippen MR) is 181 cm³/mol. The van der Waals surface area contributed by atoms with Crippen LogP contribution in [0.25, 0.3) is 22.3 Å². The Morgan fingerprint density at radius 1 is 1.00 bits per heavy atom. The van der Waals surface area contributed by atoms with E-state index >= 15 is 0 Å². The largest absolute Gasteiger partial charge is 0.496 e. The molecule has 0 bridgehead atoms. The molecule has 4 aromatic carbocycles. The minimum absolute atomic E-state index is 0.178. The average Bonchev–Trinajstić information content (AvgIpc) is 3.02. The van der Waals surface area contributed by atoms with E-state index in [1.165, 1.54) is 11.8 Å². The molecule has 0 aliphatic carbocycles. The van der Waals surface area contributed by atoms with Crippen LogP contribution in [0, 0.1) is 6.92 Å². The Morgan fingerprint density at radius 3 is 2.41 bits per heavy atom. The summed E-state index contributed by atoms with van der Waals surface area (Å²) >= 11 is 16.7. The van der Waals surface area contributed by atoms with Crippen molar-refractivity contribution in [2.75, 3.05) is 14.2 Å². The first kappa shape index (κ1) is 31.6. The number of ether oxygens (including phenoxy) is 3. The lowest BCUT2D eigenvalue weighted by Gasteiger charge is -2.17. The van der Waals surface area contributed by atoms with E-state index in [1.807, 2.05) is 49.4 Å². The molecular formula is C34H30BrCl2N3O4. The maximum Gasteiger partial charge on any atom is 0.282 e. The quantitative estimate of drug-likeness (QED) is 0.144. The van der Waals surface area contributed by atoms with Gasteiger partial charge in [0.1, 0.15) is 17.4 Å². The number of halogens is 3. The van der Waals surface area contributed by atoms with E-state index in [-0.39, 0.29) is 23.1 Å². The molecule has 5 aromatic rings. The maximum absolute atomic E-state index is 13.9. The summed E-state index contributed by atoms with van der Waals surface area (Å²) in [5.41, 5.74) is 4.30. The van der Waals surface area contributed by atoms with E-state index in [0.29, 0.717) is 43.3 Å². The van der Waals surface area contributed by atoms with E-state index in [9.17, 15) is 4.79 Å². The fraction of sp³-hybridized carbons (Fsp3) is 0.206. The normalized spacial score (nSPS) is 11.5. The topological polar surface area (TPSA) is 74.9 Å². The molecule has 0 amide bonds. The Balaban J connectivity index is 1.63. The summed E-state index contributed by atoms with van der Waals surface area (Å²) in [4.78, 5) is 18.8. The number of para-hydroxylation sites is 1. The highest BCUT2D eigenvalue weighted by Crippen LogP contribution is 2.43. The molecule has 0 N–H and O–H groups in total. The summed E-state index contributed by atoms with van der Waals surface area (Å²) in [5, 5.41) is 5.97. The molecular weight excluding hydrogens is 665 g/mol. The van der Waals surface area contributed by atoms with Crippen LogP contribution in [-0.2, 0) is 6.61 Å². The van der Waals surface area contributed by atoms with E-state index in [4.69, 9.17) is 42.4 Å². The van der Waals surface area contributed by atoms with E-state index in [1.54, 1.807) is 37.6 Å². The molecule has 7 nitrogen and oxygen atoms in total. The van der Waals surface area contributed by atoms with Gasteiger partial charge in [0.15, 0.2) is 17.3 Å². The van der Waals surface area contributed by atoms with Gasteiger partial charge in [0.05, 0.1) is 31.3 Å². The van der Waals surface area contributed by atoms with Crippen molar-refractivity contribution in [2.45, 2.75) is 33.3 Å². The van der Waals surface area contributed by atoms with Gasteiger partial charge in [0.2, 0.25) is 0 Å². The van der Waals surface area contributed by atoms with E-state index < -0.39 is 0 Å². The third kappa shape index (κ3) is 6.20. The molecule has 0 fully saturated rings. The van der Waals surface area contributed by atoms with Gasteiger partial charge in [-0.2, -0.15) is 9.78 Å². The van der Waals surface area contributed by atoms with Gasteiger partial charge in [-0.1, -0.05) is 67.4 Å². The lowest BCUT2D eigenvalue weighted by molar-refractivity contribution is 0.284. The van der Waals surface area contributed by atoms with Gasteiger partial charge in [0, 0.05) is 26.2 Å². The van der Waals surface area contributed by atoms with Crippen LogP contribution in [-0.4, -0.2) is 30.1 Å². The van der Waals surface area contributed by atoms with Crippen LogP contribution in [0.3, 0.4) is 0 Å². The number of hydrogen-bond donors (Lipinski definition) is 0. The molecule has 0 aliphatic heterocycles. The molecule has 226 valence electrons. The van der Waals surface area contributed by atoms with Gasteiger partial charge in [0.25, 0.3) is 5.56 Å². The first-order valence-corrected chi connectivity index (χ1v) is 15.4. The highest BCUT2D eigenvalue weighted by atomic mass is 79.9. The van der Waals surface area contributed by atoms with Crippen LogP contribution in [0.1, 0.15) is 42.0 Å². The van der Waals surface area contributed by atoms with Crippen molar-refractivity contribution in [1.29, 1.82) is 0 Å². The summed E-state index contributed by atoms with van der Waals surface area (Å²) < 4.78 is 19.1. The summed E-state index contributed by atoms with van der Waals surface area (Å²) in [7, 11) is 3.18. The maximum atomic E-state index is 13.9. The van der Waals surface area contributed by atoms with Gasteiger partial charge in [-0.3, -0.25) is 4.79 Å². The van der Waals surface area contributed by atoms with Gasteiger partial charge in [-0.25, -0.2) is 4.98 Å². The van der Waals surface area contributed by atoms with Crippen LogP contribution >= 0.6 is 39.1 Å². The molecule has 0 aliphatic rings. The van der Waals surface area contributed by atoms with Crippen molar-refractivity contribution >= 4 is 56.2 Å². The number of rotatable bonds is 9. The molecule has 0 saturated carbocycles. The van der Waals surface area contributed by atoms with E-state index in [2.05, 4.69) is 34.9 Å². The minimum Gasteiger partial charge on any atom is -0.496 e. The number of aromatic nitrogens is 2. The Hall–Kier alpha value is -3.85. The van der Waals surface area contributed by atoms with Crippen LogP contribution in [0.2, 0.25) is 10.0 Å². The average molecular weight is 695 g/mol. The van der Waals surface area contributed by atoms with E-state index in [0.717, 1.165) is 28.0 Å². The molecule has 5 rings (SSSR count). The molecule has 44 heavy (non-hydrogen) atoms. The Morgan fingerprint density at radius 2 is 1.70 bits per heavy atom. The predicted octanol–water partition coefficient (Wildman–Crippen LogP) is 9.04. The number of nitrogens with zero attached hydrogens (tertiary/aromatic N) is 3. The number of fused-ring (bicyclic) bond motifs is 1. The number of hydrogen-bond acceptors (Lipinski definition) is 6. The molecule has 0 spiro atoms. The molecule has 1 heterocycles. The summed E-state index contributed by atoms with van der Waals surface area (Å²) in [6.45, 7) is 6.33. The molecule has 0 unspecified atom stereocenters. The van der Waals surface area contributed by atoms with Gasteiger partial charge in [-0.15, -0.1) is 0 Å². The zero-order valence-corrected chi connectivity index (χ0v) is 27.9. The summed E-state index contributed by atoms with van der Waals surface area (Å²) in [5.74, 6) is 2.10. The van der Waals surface area contributed by atoms with Crippen LogP contribution in [0.5, 0.6) is 17.2 Å². The zero-order valence-electron chi connectivity index (χ0n) is 24.8. The third-order valence-electron chi connectivity index (χ3n) is 7.21. The van der Waals surface area contributed by atoms with Crippen LogP contribution in [0.4, 0.5) is 0 Å². The van der Waals surface area contributed by atoms with Crippen molar-refractivity contribution in [3.05, 3.63) is 114 Å². The van der Waals surface area contributed by atoms with Crippen LogP contribution in [0.15, 0.2) is 81.1 Å². The second-order valence-corrected chi connectivity index (χ2v) is 12.0. The number of benzene rings is 4. The standard InChI is InChI=1S/C34H30BrCl2N3O4/c1-19(2)24-16-25(20(3)14-28(24)42-4)33-39-27-13-9-7-11-23(27)34(41)40(33)38-17-22-15-29(43-5)32(31(37)30(22)35)44-18-21-10-6-8-12-26(21)36/h6-17,19H,18H2,1-5H3. The Labute approximate surface area is 274 Å². The third-order valence-corrected chi connectivity index (χ3v) is 9.02. The molecule has 1 aromatic heterocycles. The summed E-state index contributed by atoms with van der Waals surface area (Å²) in [6, 6.07) is 20.3. The first-order valence-electron chi connectivity index (χ1n) is 13.8. The number of methoxy groups -OCH3 is 2. The SMILES string of the molecule is COc1cc(C)c(-c2nc3ccccc3c(=O)n2N=Cc2cc(OC)c(OCc3ccccc3Cl)c(Cl)c2Br)cc1C(C)C. The van der Waals surface area contributed by atoms with Crippen molar-refractivity contribution in [2.24, 2.45) is 5.10 Å². The van der Waals surface area contributed by atoms with Crippen molar-refractivity contribution in [3.63, 3.8) is 0 Å². The molecule has 10 heteroatoms. The highest BCUT2D eigenvalue weighted by molar-refractivity contribution is 9.10. The number of aryl methyl sites for hydroxylation is 1. The van der Waals surface area contributed by atoms with Crippen molar-refractivity contribution < 1.29 is 14.2 Å². The van der Waals surface area contributed by atoms with Gasteiger partial charge < -0.3 is 14.2 Å². The minimum atomic E-state index is -0.308. The van der Waals surface area contributed by atoms with Crippen molar-refractivity contribution in [3.8, 4) is 28.6 Å². The Bertz CT molecular complexity index is 1960.